The zero-order chi connectivity index (χ0) is 10.8. The molecule has 78 valence electrons. The smallest absolute Gasteiger partial charge is 0.336 e. The van der Waals surface area contributed by atoms with Gasteiger partial charge in [0.05, 0.1) is 18.2 Å². The molecule has 16 heavy (non-hydrogen) atoms. The summed E-state index contributed by atoms with van der Waals surface area (Å²) in [6.45, 7) is 0. The molecule has 4 nitrogen and oxygen atoms in total. The van der Waals surface area contributed by atoms with Gasteiger partial charge >= 0.3 is 5.97 Å². The molecule has 0 spiro atoms. The first kappa shape index (κ1) is 12.6. The number of nitrogens with zero attached hydrogens (tertiary/aromatic N) is 1. The van der Waals surface area contributed by atoms with Crippen LogP contribution in [0.4, 0.5) is 0 Å². The number of benzene rings is 1. The minimum Gasteiger partial charge on any atom is -0.497 e. The first-order valence-electron chi connectivity index (χ1n) is 4.38. The standard InChI is InChI=1S/C11H9NO3.Zn/c1-15-7-2-3-10-9(6-7)8(11(13)14)4-5-12-10;/h2-6H,1H3,(H,13,14);. The van der Waals surface area contributed by atoms with E-state index in [0.717, 1.165) is 0 Å². The molecule has 0 aliphatic heterocycles. The predicted octanol–water partition coefficient (Wildman–Crippen LogP) is 1.94. The Balaban J connectivity index is 0.00000128. The number of aromatic carboxylic acids is 1. The van der Waals surface area contributed by atoms with Crippen molar-refractivity contribution in [1.82, 2.24) is 4.98 Å². The predicted molar refractivity (Wildman–Crippen MR) is 55.3 cm³/mol. The number of methoxy groups -OCH3 is 1. The van der Waals surface area contributed by atoms with Crippen LogP contribution in [0.3, 0.4) is 0 Å². The number of hydrogen-bond acceptors (Lipinski definition) is 3. The van der Waals surface area contributed by atoms with Crippen LogP contribution in [0.25, 0.3) is 10.9 Å². The normalized spacial score (nSPS) is 9.56. The molecule has 0 unspecified atom stereocenters. The summed E-state index contributed by atoms with van der Waals surface area (Å²) in [5, 5.41) is 9.57. The van der Waals surface area contributed by atoms with Gasteiger partial charge < -0.3 is 9.84 Å². The molecule has 1 aromatic carbocycles. The fourth-order valence-corrected chi connectivity index (χ4v) is 1.44. The minimum absolute atomic E-state index is 0. The number of ether oxygens (including phenoxy) is 1. The number of hydrogen-bond donors (Lipinski definition) is 1. The average Bonchev–Trinajstić information content (AvgIpc) is 2.27. The van der Waals surface area contributed by atoms with Crippen molar-refractivity contribution < 1.29 is 34.1 Å². The van der Waals surface area contributed by atoms with Crippen LogP contribution >= 0.6 is 0 Å². The van der Waals surface area contributed by atoms with Crippen molar-refractivity contribution in [1.29, 1.82) is 0 Å². The van der Waals surface area contributed by atoms with Gasteiger partial charge in [-0.1, -0.05) is 0 Å². The second-order valence-corrected chi connectivity index (χ2v) is 3.05. The molecule has 2 rings (SSSR count). The molecule has 0 radical (unpaired) electrons. The Kier molecular flexibility index (Phi) is 3.96. The first-order chi connectivity index (χ1) is 7.22. The molecular weight excluding hydrogens is 260 g/mol. The van der Waals surface area contributed by atoms with Crippen molar-refractivity contribution in [2.75, 3.05) is 7.11 Å². The molecule has 1 aromatic heterocycles. The van der Waals surface area contributed by atoms with Gasteiger partial charge in [-0.15, -0.1) is 0 Å². The number of fused-ring (bicyclic) bond motifs is 1. The summed E-state index contributed by atoms with van der Waals surface area (Å²) in [6.07, 6.45) is 1.48. The van der Waals surface area contributed by atoms with Gasteiger partial charge in [0.25, 0.3) is 0 Å². The molecule has 0 fully saturated rings. The summed E-state index contributed by atoms with van der Waals surface area (Å²) < 4.78 is 5.04. The molecular formula is C11H9NO3Zn. The Morgan fingerprint density at radius 2 is 2.12 bits per heavy atom. The van der Waals surface area contributed by atoms with Crippen molar-refractivity contribution in [3.63, 3.8) is 0 Å². The van der Waals surface area contributed by atoms with Crippen LogP contribution in [0.1, 0.15) is 10.4 Å². The molecule has 0 saturated carbocycles. The van der Waals surface area contributed by atoms with Crippen LogP contribution < -0.4 is 4.74 Å². The Bertz CT molecular complexity index is 528. The van der Waals surface area contributed by atoms with E-state index in [4.69, 9.17) is 9.84 Å². The van der Waals surface area contributed by atoms with Gasteiger partial charge in [-0.25, -0.2) is 4.79 Å². The van der Waals surface area contributed by atoms with E-state index in [1.54, 1.807) is 18.2 Å². The molecule has 0 bridgehead atoms. The quantitative estimate of drug-likeness (QED) is 0.846. The van der Waals surface area contributed by atoms with Gasteiger partial charge in [-0.05, 0) is 24.3 Å². The van der Waals surface area contributed by atoms with Gasteiger partial charge in [-0.3, -0.25) is 4.98 Å². The Hall–Kier alpha value is -1.48. The van der Waals surface area contributed by atoms with Gasteiger partial charge in [-0.2, -0.15) is 0 Å². The number of carbonyl (C=O) groups is 1. The summed E-state index contributed by atoms with van der Waals surface area (Å²) >= 11 is 0. The summed E-state index contributed by atoms with van der Waals surface area (Å²) in [5.74, 6) is -0.339. The molecule has 0 atom stereocenters. The van der Waals surface area contributed by atoms with Crippen LogP contribution in [0.2, 0.25) is 0 Å². The van der Waals surface area contributed by atoms with Crippen molar-refractivity contribution in [2.45, 2.75) is 0 Å². The minimum atomic E-state index is -0.962. The largest absolute Gasteiger partial charge is 0.497 e. The van der Waals surface area contributed by atoms with Gasteiger partial charge in [0, 0.05) is 31.1 Å². The number of carboxylic acid groups (broad SMARTS) is 1. The summed E-state index contributed by atoms with van der Waals surface area (Å²) in [6, 6.07) is 6.64. The molecule has 2 aromatic rings. The van der Waals surface area contributed by atoms with E-state index in [9.17, 15) is 4.79 Å². The Labute approximate surface area is 105 Å². The molecule has 1 heterocycles. The Morgan fingerprint density at radius 1 is 1.38 bits per heavy atom. The molecule has 1 N–H and O–H groups in total. The number of rotatable bonds is 2. The zero-order valence-corrected chi connectivity index (χ0v) is 11.8. The van der Waals surface area contributed by atoms with Gasteiger partial charge in [0.15, 0.2) is 0 Å². The summed E-state index contributed by atoms with van der Waals surface area (Å²) in [7, 11) is 1.54. The van der Waals surface area contributed by atoms with E-state index in [1.165, 1.54) is 19.4 Å². The Morgan fingerprint density at radius 3 is 2.75 bits per heavy atom. The maximum atomic E-state index is 10.9. The fourth-order valence-electron chi connectivity index (χ4n) is 1.44. The van der Waals surface area contributed by atoms with Crippen LogP contribution in [0, 0.1) is 0 Å². The van der Waals surface area contributed by atoms with E-state index in [0.29, 0.717) is 16.7 Å². The second kappa shape index (κ2) is 5.04. The van der Waals surface area contributed by atoms with Crippen LogP contribution in [-0.2, 0) is 19.5 Å². The molecule has 0 aliphatic carbocycles. The third-order valence-corrected chi connectivity index (χ3v) is 2.18. The van der Waals surface area contributed by atoms with E-state index in [2.05, 4.69) is 4.98 Å². The molecule has 0 saturated heterocycles. The third kappa shape index (κ3) is 2.20. The van der Waals surface area contributed by atoms with Crippen molar-refractivity contribution in [3.8, 4) is 5.75 Å². The summed E-state index contributed by atoms with van der Waals surface area (Å²) in [4.78, 5) is 15.0. The number of pyridine rings is 1. The second-order valence-electron chi connectivity index (χ2n) is 3.05. The van der Waals surface area contributed by atoms with Crippen molar-refractivity contribution >= 4 is 16.9 Å². The zero-order valence-electron chi connectivity index (χ0n) is 8.80. The number of carboxylic acids is 1. The average molecular weight is 269 g/mol. The van der Waals surface area contributed by atoms with Gasteiger partial charge in [0.2, 0.25) is 0 Å². The molecule has 0 aliphatic rings. The van der Waals surface area contributed by atoms with Crippen LogP contribution in [-0.4, -0.2) is 23.2 Å². The van der Waals surface area contributed by atoms with E-state index in [1.807, 2.05) is 0 Å². The monoisotopic (exact) mass is 267 g/mol. The van der Waals surface area contributed by atoms with Crippen LogP contribution in [0.15, 0.2) is 30.5 Å². The van der Waals surface area contributed by atoms with Crippen molar-refractivity contribution in [3.05, 3.63) is 36.0 Å². The third-order valence-electron chi connectivity index (χ3n) is 2.18. The number of aromatic nitrogens is 1. The van der Waals surface area contributed by atoms with Gasteiger partial charge in [0.1, 0.15) is 5.75 Å². The SMILES string of the molecule is COc1ccc2nccc(C(=O)O)c2c1.[Zn]. The van der Waals surface area contributed by atoms with E-state index < -0.39 is 5.97 Å². The van der Waals surface area contributed by atoms with E-state index in [-0.39, 0.29) is 25.0 Å². The topological polar surface area (TPSA) is 59.4 Å². The summed E-state index contributed by atoms with van der Waals surface area (Å²) in [5.41, 5.74) is 0.884. The van der Waals surface area contributed by atoms with Crippen LogP contribution in [0.5, 0.6) is 5.75 Å². The maximum Gasteiger partial charge on any atom is 0.336 e. The first-order valence-corrected chi connectivity index (χ1v) is 4.38. The maximum absolute atomic E-state index is 10.9. The van der Waals surface area contributed by atoms with Crippen molar-refractivity contribution in [2.24, 2.45) is 0 Å². The van der Waals surface area contributed by atoms with E-state index >= 15 is 0 Å². The fraction of sp³-hybridized carbons (Fsp3) is 0.0909. The molecule has 0 amide bonds. The molecule has 5 heteroatoms.